The van der Waals surface area contributed by atoms with Gasteiger partial charge in [0.15, 0.2) is 5.11 Å². The normalized spacial score (nSPS) is 15.7. The van der Waals surface area contributed by atoms with Crippen LogP contribution in [0.25, 0.3) is 0 Å². The zero-order valence-corrected chi connectivity index (χ0v) is 13.5. The van der Waals surface area contributed by atoms with Crippen LogP contribution in [0.1, 0.15) is 11.3 Å². The third-order valence-corrected chi connectivity index (χ3v) is 4.11. The number of aryl methyl sites for hydroxylation is 1. The molecule has 114 valence electrons. The number of pyridine rings is 1. The Morgan fingerprint density at radius 3 is 2.73 bits per heavy atom. The highest BCUT2D eigenvalue weighted by molar-refractivity contribution is 7.80. The predicted molar refractivity (Wildman–Crippen MR) is 93.8 cm³/mol. The van der Waals surface area contributed by atoms with E-state index in [1.807, 2.05) is 25.1 Å². The molecule has 0 aliphatic carbocycles. The van der Waals surface area contributed by atoms with Gasteiger partial charge in [-0.1, -0.05) is 36.4 Å². The molecule has 0 radical (unpaired) electrons. The summed E-state index contributed by atoms with van der Waals surface area (Å²) in [6.07, 6.45) is 1.03. The van der Waals surface area contributed by atoms with Crippen LogP contribution in [0, 0.1) is 6.92 Å². The molecular formula is C17H20N4S. The lowest BCUT2D eigenvalue weighted by atomic mass is 10.1. The molecule has 1 aromatic carbocycles. The summed E-state index contributed by atoms with van der Waals surface area (Å²) in [5, 5.41) is 4.02. The van der Waals surface area contributed by atoms with E-state index in [1.54, 1.807) is 0 Å². The van der Waals surface area contributed by atoms with Crippen LogP contribution in [0.5, 0.6) is 0 Å². The molecule has 1 aliphatic rings. The number of nitrogens with one attached hydrogen (secondary N) is 1. The number of hydrogen-bond acceptors (Lipinski definition) is 3. The lowest BCUT2D eigenvalue weighted by molar-refractivity contribution is 0.263. The summed E-state index contributed by atoms with van der Waals surface area (Å²) in [5.74, 6) is 0.905. The molecular weight excluding hydrogens is 292 g/mol. The number of rotatable bonds is 4. The fourth-order valence-electron chi connectivity index (χ4n) is 2.53. The molecule has 2 aromatic rings. The smallest absolute Gasteiger partial charge is 0.176 e. The van der Waals surface area contributed by atoms with Crippen molar-refractivity contribution in [3.63, 3.8) is 0 Å². The predicted octanol–water partition coefficient (Wildman–Crippen LogP) is 2.54. The Morgan fingerprint density at radius 1 is 1.14 bits per heavy atom. The van der Waals surface area contributed by atoms with Crippen molar-refractivity contribution >= 4 is 23.1 Å². The van der Waals surface area contributed by atoms with Crippen LogP contribution < -0.4 is 10.2 Å². The Bertz CT molecular complexity index is 644. The van der Waals surface area contributed by atoms with Gasteiger partial charge in [0.1, 0.15) is 5.82 Å². The van der Waals surface area contributed by atoms with Crippen molar-refractivity contribution < 1.29 is 0 Å². The lowest BCUT2D eigenvalue weighted by Crippen LogP contribution is -2.56. The minimum Gasteiger partial charge on any atom is -0.349 e. The van der Waals surface area contributed by atoms with E-state index in [2.05, 4.69) is 50.4 Å². The standard InChI is InChI=1S/C17H20N4S/c1-14-6-5-9-16(19-14)21-13-20(12-18-17(21)22)11-10-15-7-3-2-4-8-15/h2-9H,10-13H2,1H3,(H,18,22). The van der Waals surface area contributed by atoms with E-state index in [0.717, 1.165) is 42.9 Å². The number of benzene rings is 1. The SMILES string of the molecule is Cc1cccc(N2CN(CCc3ccccc3)CNC2=S)n1. The summed E-state index contributed by atoms with van der Waals surface area (Å²) < 4.78 is 0. The highest BCUT2D eigenvalue weighted by Crippen LogP contribution is 2.15. The summed E-state index contributed by atoms with van der Waals surface area (Å²) >= 11 is 5.43. The fourth-order valence-corrected chi connectivity index (χ4v) is 2.74. The third kappa shape index (κ3) is 3.61. The van der Waals surface area contributed by atoms with Gasteiger partial charge in [0.05, 0.1) is 13.3 Å². The molecule has 3 rings (SSSR count). The first-order valence-corrected chi connectivity index (χ1v) is 7.88. The molecule has 1 N–H and O–H groups in total. The van der Waals surface area contributed by atoms with Crippen LogP contribution in [-0.4, -0.2) is 34.9 Å². The van der Waals surface area contributed by atoms with Gasteiger partial charge in [-0.15, -0.1) is 0 Å². The van der Waals surface area contributed by atoms with Crippen molar-refractivity contribution in [3.8, 4) is 0 Å². The van der Waals surface area contributed by atoms with E-state index in [1.165, 1.54) is 5.56 Å². The highest BCUT2D eigenvalue weighted by Gasteiger charge is 2.22. The molecule has 2 heterocycles. The molecule has 1 aromatic heterocycles. The molecule has 0 amide bonds. The summed E-state index contributed by atoms with van der Waals surface area (Å²) in [7, 11) is 0. The Kier molecular flexibility index (Phi) is 4.65. The maximum absolute atomic E-state index is 5.43. The van der Waals surface area contributed by atoms with Gasteiger partial charge in [-0.25, -0.2) is 4.98 Å². The van der Waals surface area contributed by atoms with Gasteiger partial charge < -0.3 is 5.32 Å². The van der Waals surface area contributed by atoms with Crippen LogP contribution in [0.15, 0.2) is 48.5 Å². The lowest BCUT2D eigenvalue weighted by Gasteiger charge is -2.37. The van der Waals surface area contributed by atoms with E-state index in [4.69, 9.17) is 12.2 Å². The first-order chi connectivity index (χ1) is 10.7. The van der Waals surface area contributed by atoms with Crippen molar-refractivity contribution in [3.05, 3.63) is 59.8 Å². The topological polar surface area (TPSA) is 31.4 Å². The van der Waals surface area contributed by atoms with E-state index >= 15 is 0 Å². The van der Waals surface area contributed by atoms with Crippen molar-refractivity contribution in [2.45, 2.75) is 13.3 Å². The second-order valence-electron chi connectivity index (χ2n) is 5.48. The van der Waals surface area contributed by atoms with E-state index in [0.29, 0.717) is 0 Å². The van der Waals surface area contributed by atoms with Crippen LogP contribution in [-0.2, 0) is 6.42 Å². The maximum Gasteiger partial charge on any atom is 0.176 e. The van der Waals surface area contributed by atoms with Gasteiger partial charge in [-0.3, -0.25) is 9.80 Å². The number of aromatic nitrogens is 1. The number of thiocarbonyl (C=S) groups is 1. The number of anilines is 1. The van der Waals surface area contributed by atoms with Crippen molar-refractivity contribution in [2.24, 2.45) is 0 Å². The zero-order chi connectivity index (χ0) is 15.4. The summed E-state index contributed by atoms with van der Waals surface area (Å²) in [6, 6.07) is 16.6. The van der Waals surface area contributed by atoms with E-state index < -0.39 is 0 Å². The first kappa shape index (κ1) is 14.9. The van der Waals surface area contributed by atoms with E-state index in [-0.39, 0.29) is 0 Å². The second kappa shape index (κ2) is 6.85. The fraction of sp³-hybridized carbons (Fsp3) is 0.294. The van der Waals surface area contributed by atoms with Crippen molar-refractivity contribution in [1.29, 1.82) is 0 Å². The molecule has 1 fully saturated rings. The molecule has 5 heteroatoms. The number of nitrogens with zero attached hydrogens (tertiary/aromatic N) is 3. The average molecular weight is 312 g/mol. The molecule has 0 unspecified atom stereocenters. The van der Waals surface area contributed by atoms with Crippen LogP contribution in [0.3, 0.4) is 0 Å². The molecule has 1 aliphatic heterocycles. The summed E-state index contributed by atoms with van der Waals surface area (Å²) in [5.41, 5.74) is 2.36. The quantitative estimate of drug-likeness (QED) is 0.877. The van der Waals surface area contributed by atoms with Gasteiger partial charge in [-0.05, 0) is 43.3 Å². The molecule has 0 bridgehead atoms. The zero-order valence-electron chi connectivity index (χ0n) is 12.7. The highest BCUT2D eigenvalue weighted by atomic mass is 32.1. The summed E-state index contributed by atoms with van der Waals surface area (Å²) in [6.45, 7) is 4.54. The Hall–Kier alpha value is -1.98. The van der Waals surface area contributed by atoms with Gasteiger partial charge in [0.2, 0.25) is 0 Å². The molecule has 0 spiro atoms. The molecule has 22 heavy (non-hydrogen) atoms. The number of hydrogen-bond donors (Lipinski definition) is 1. The molecule has 4 nitrogen and oxygen atoms in total. The van der Waals surface area contributed by atoms with Crippen molar-refractivity contribution in [2.75, 3.05) is 24.8 Å². The summed E-state index contributed by atoms with van der Waals surface area (Å²) in [4.78, 5) is 8.96. The van der Waals surface area contributed by atoms with Crippen molar-refractivity contribution in [1.82, 2.24) is 15.2 Å². The maximum atomic E-state index is 5.43. The third-order valence-electron chi connectivity index (χ3n) is 3.75. The molecule has 1 saturated heterocycles. The minimum atomic E-state index is 0.745. The van der Waals surface area contributed by atoms with Gasteiger partial charge in [-0.2, -0.15) is 0 Å². The average Bonchev–Trinajstić information content (AvgIpc) is 2.55. The molecule has 0 atom stereocenters. The van der Waals surface area contributed by atoms with Crippen LogP contribution in [0.4, 0.5) is 5.82 Å². The van der Waals surface area contributed by atoms with Crippen LogP contribution >= 0.6 is 12.2 Å². The van der Waals surface area contributed by atoms with Crippen LogP contribution in [0.2, 0.25) is 0 Å². The van der Waals surface area contributed by atoms with E-state index in [9.17, 15) is 0 Å². The Labute approximate surface area is 136 Å². The Balaban J connectivity index is 1.64. The minimum absolute atomic E-state index is 0.745. The van der Waals surface area contributed by atoms with Gasteiger partial charge >= 0.3 is 0 Å². The second-order valence-corrected chi connectivity index (χ2v) is 5.86. The van der Waals surface area contributed by atoms with Gasteiger partial charge in [0, 0.05) is 12.2 Å². The largest absolute Gasteiger partial charge is 0.349 e. The molecule has 0 saturated carbocycles. The van der Waals surface area contributed by atoms with Gasteiger partial charge in [0.25, 0.3) is 0 Å². The monoisotopic (exact) mass is 312 g/mol. The first-order valence-electron chi connectivity index (χ1n) is 7.48. The Morgan fingerprint density at radius 2 is 1.95 bits per heavy atom.